The van der Waals surface area contributed by atoms with Gasteiger partial charge in [0.05, 0.1) is 0 Å². The second-order valence-corrected chi connectivity index (χ2v) is 6.62. The van der Waals surface area contributed by atoms with Gasteiger partial charge in [0.25, 0.3) is 0 Å². The number of aryl methyl sites for hydroxylation is 1. The minimum Gasteiger partial charge on any atom is -0.378 e. The predicted molar refractivity (Wildman–Crippen MR) is 105 cm³/mol. The molecule has 3 amide bonds. The van der Waals surface area contributed by atoms with Crippen molar-refractivity contribution in [3.63, 3.8) is 0 Å². The molecule has 1 aliphatic heterocycles. The van der Waals surface area contributed by atoms with Crippen molar-refractivity contribution in [2.75, 3.05) is 29.6 Å². The Morgan fingerprint density at radius 2 is 1.78 bits per heavy atom. The van der Waals surface area contributed by atoms with E-state index in [0.29, 0.717) is 18.5 Å². The van der Waals surface area contributed by atoms with Gasteiger partial charge in [-0.25, -0.2) is 0 Å². The Morgan fingerprint density at radius 1 is 1.04 bits per heavy atom. The summed E-state index contributed by atoms with van der Waals surface area (Å²) in [7, 11) is 3.91. The molecule has 0 saturated heterocycles. The smallest absolute Gasteiger partial charge is 0.313 e. The van der Waals surface area contributed by atoms with Crippen LogP contribution in [0.5, 0.6) is 0 Å². The fourth-order valence-corrected chi connectivity index (χ4v) is 2.82. The molecule has 1 aliphatic rings. The fraction of sp³-hybridized carbons (Fsp3) is 0.250. The van der Waals surface area contributed by atoms with E-state index in [-0.39, 0.29) is 12.5 Å². The first-order chi connectivity index (χ1) is 12.9. The van der Waals surface area contributed by atoms with E-state index in [9.17, 15) is 14.4 Å². The number of hydrogen-bond acceptors (Lipinski definition) is 4. The monoisotopic (exact) mass is 366 g/mol. The largest absolute Gasteiger partial charge is 0.378 e. The first-order valence-electron chi connectivity index (χ1n) is 8.70. The predicted octanol–water partition coefficient (Wildman–Crippen LogP) is 1.89. The molecular formula is C20H22N4O3. The Bertz CT molecular complexity index is 875. The van der Waals surface area contributed by atoms with E-state index >= 15 is 0 Å². The van der Waals surface area contributed by atoms with E-state index < -0.39 is 11.8 Å². The lowest BCUT2D eigenvalue weighted by molar-refractivity contribution is -0.136. The molecule has 3 rings (SSSR count). The number of nitrogens with zero attached hydrogens (tertiary/aromatic N) is 1. The Balaban J connectivity index is 1.55. The lowest BCUT2D eigenvalue weighted by atomic mass is 10.0. The van der Waals surface area contributed by atoms with E-state index in [1.807, 2.05) is 43.3 Å². The van der Waals surface area contributed by atoms with Gasteiger partial charge in [-0.05, 0) is 47.9 Å². The molecule has 27 heavy (non-hydrogen) atoms. The fourth-order valence-electron chi connectivity index (χ4n) is 2.82. The molecule has 0 aliphatic carbocycles. The molecule has 0 atom stereocenters. The number of carbonyl (C=O) groups is 3. The molecule has 0 fully saturated rings. The third-order valence-corrected chi connectivity index (χ3v) is 4.37. The number of benzene rings is 2. The molecule has 0 bridgehead atoms. The van der Waals surface area contributed by atoms with E-state index in [2.05, 4.69) is 16.0 Å². The maximum atomic E-state index is 12.1. The van der Waals surface area contributed by atoms with E-state index in [0.717, 1.165) is 22.5 Å². The minimum absolute atomic E-state index is 0.0164. The Kier molecular flexibility index (Phi) is 5.40. The van der Waals surface area contributed by atoms with Crippen LogP contribution in [0.4, 0.5) is 17.1 Å². The average Bonchev–Trinajstić information content (AvgIpc) is 2.66. The zero-order valence-corrected chi connectivity index (χ0v) is 15.3. The summed E-state index contributed by atoms with van der Waals surface area (Å²) < 4.78 is 0. The number of nitrogens with one attached hydrogen (secondary N) is 3. The van der Waals surface area contributed by atoms with Crippen molar-refractivity contribution < 1.29 is 14.4 Å². The van der Waals surface area contributed by atoms with Crippen molar-refractivity contribution in [2.24, 2.45) is 0 Å². The number of amides is 3. The Hall–Kier alpha value is -3.35. The molecule has 0 saturated carbocycles. The van der Waals surface area contributed by atoms with Crippen LogP contribution in [-0.2, 0) is 27.3 Å². The maximum Gasteiger partial charge on any atom is 0.313 e. The van der Waals surface area contributed by atoms with Crippen LogP contribution < -0.4 is 20.9 Å². The SMILES string of the molecule is CN(C)c1ccc(CNC(=O)C(=O)Nc2ccc3c(c2)CCC(=O)N3)cc1. The third-order valence-electron chi connectivity index (χ3n) is 4.37. The average molecular weight is 366 g/mol. The normalized spacial score (nSPS) is 12.6. The van der Waals surface area contributed by atoms with Crippen LogP contribution in [0, 0.1) is 0 Å². The van der Waals surface area contributed by atoms with Crippen molar-refractivity contribution in [2.45, 2.75) is 19.4 Å². The lowest BCUT2D eigenvalue weighted by Gasteiger charge is -2.17. The van der Waals surface area contributed by atoms with Crippen LogP contribution in [0.15, 0.2) is 42.5 Å². The van der Waals surface area contributed by atoms with Gasteiger partial charge in [-0.3, -0.25) is 14.4 Å². The van der Waals surface area contributed by atoms with Crippen LogP contribution >= 0.6 is 0 Å². The topological polar surface area (TPSA) is 90.5 Å². The molecule has 0 radical (unpaired) electrons. The van der Waals surface area contributed by atoms with Gasteiger partial charge < -0.3 is 20.9 Å². The first kappa shape index (κ1) is 18.4. The van der Waals surface area contributed by atoms with E-state index in [1.165, 1.54) is 0 Å². The van der Waals surface area contributed by atoms with Crippen LogP contribution in [0.25, 0.3) is 0 Å². The molecule has 7 heteroatoms. The van der Waals surface area contributed by atoms with Gasteiger partial charge in [-0.15, -0.1) is 0 Å². The summed E-state index contributed by atoms with van der Waals surface area (Å²) in [5, 5.41) is 7.99. The number of anilines is 3. The highest BCUT2D eigenvalue weighted by molar-refractivity contribution is 6.39. The first-order valence-corrected chi connectivity index (χ1v) is 8.70. The zero-order chi connectivity index (χ0) is 19.4. The van der Waals surface area contributed by atoms with E-state index in [4.69, 9.17) is 0 Å². The number of rotatable bonds is 4. The summed E-state index contributed by atoms with van der Waals surface area (Å²) >= 11 is 0. The Labute approximate surface area is 157 Å². The zero-order valence-electron chi connectivity index (χ0n) is 15.3. The van der Waals surface area contributed by atoms with Gasteiger partial charge in [-0.1, -0.05) is 12.1 Å². The highest BCUT2D eigenvalue weighted by Gasteiger charge is 2.17. The molecular weight excluding hydrogens is 344 g/mol. The summed E-state index contributed by atoms with van der Waals surface area (Å²) in [6.45, 7) is 0.274. The molecule has 0 unspecified atom stereocenters. The standard InChI is InChI=1S/C20H22N4O3/c1-24(2)16-7-3-13(4-8-16)12-21-19(26)20(27)22-15-6-9-17-14(11-15)5-10-18(25)23-17/h3-4,6-9,11H,5,10,12H2,1-2H3,(H,21,26)(H,22,27)(H,23,25). The van der Waals surface area contributed by atoms with Crippen molar-refractivity contribution in [3.05, 3.63) is 53.6 Å². The molecule has 3 N–H and O–H groups in total. The molecule has 1 heterocycles. The molecule has 7 nitrogen and oxygen atoms in total. The number of hydrogen-bond donors (Lipinski definition) is 3. The van der Waals surface area contributed by atoms with Crippen molar-refractivity contribution >= 4 is 34.8 Å². The van der Waals surface area contributed by atoms with Crippen LogP contribution in [-0.4, -0.2) is 31.8 Å². The minimum atomic E-state index is -0.722. The third kappa shape index (κ3) is 4.63. The Morgan fingerprint density at radius 3 is 2.48 bits per heavy atom. The van der Waals surface area contributed by atoms with Gasteiger partial charge in [0.1, 0.15) is 0 Å². The maximum absolute atomic E-state index is 12.1. The summed E-state index contributed by atoms with van der Waals surface area (Å²) in [6.07, 6.45) is 1.03. The van der Waals surface area contributed by atoms with Crippen LogP contribution in [0.1, 0.15) is 17.5 Å². The summed E-state index contributed by atoms with van der Waals surface area (Å²) in [4.78, 5) is 37.5. The number of fused-ring (bicyclic) bond motifs is 1. The van der Waals surface area contributed by atoms with Gasteiger partial charge >= 0.3 is 11.8 Å². The molecule has 0 spiro atoms. The second kappa shape index (κ2) is 7.90. The quantitative estimate of drug-likeness (QED) is 0.721. The summed E-state index contributed by atoms with van der Waals surface area (Å²) in [5.74, 6) is -1.44. The molecule has 2 aromatic rings. The lowest BCUT2D eigenvalue weighted by Crippen LogP contribution is -2.35. The van der Waals surface area contributed by atoms with E-state index in [1.54, 1.807) is 18.2 Å². The van der Waals surface area contributed by atoms with Crippen LogP contribution in [0.3, 0.4) is 0 Å². The highest BCUT2D eigenvalue weighted by Crippen LogP contribution is 2.25. The number of carbonyl (C=O) groups excluding carboxylic acids is 3. The summed E-state index contributed by atoms with van der Waals surface area (Å²) in [5.41, 5.74) is 4.18. The molecule has 2 aromatic carbocycles. The highest BCUT2D eigenvalue weighted by atomic mass is 16.2. The van der Waals surface area contributed by atoms with Crippen molar-refractivity contribution in [1.29, 1.82) is 0 Å². The van der Waals surface area contributed by atoms with Gasteiger partial charge in [0.2, 0.25) is 5.91 Å². The second-order valence-electron chi connectivity index (χ2n) is 6.62. The van der Waals surface area contributed by atoms with Gasteiger partial charge in [-0.2, -0.15) is 0 Å². The van der Waals surface area contributed by atoms with Gasteiger partial charge in [0.15, 0.2) is 0 Å². The van der Waals surface area contributed by atoms with Crippen molar-refractivity contribution in [3.8, 4) is 0 Å². The van der Waals surface area contributed by atoms with Crippen LogP contribution in [0.2, 0.25) is 0 Å². The van der Waals surface area contributed by atoms with Gasteiger partial charge in [0, 0.05) is 44.1 Å². The summed E-state index contributed by atoms with van der Waals surface area (Å²) in [6, 6.07) is 12.9. The molecule has 140 valence electrons. The molecule has 0 aromatic heterocycles. The van der Waals surface area contributed by atoms with Crippen molar-refractivity contribution in [1.82, 2.24) is 5.32 Å².